The average molecular weight is 202 g/mol. The van der Waals surface area contributed by atoms with E-state index in [4.69, 9.17) is 9.47 Å². The van der Waals surface area contributed by atoms with Crippen molar-refractivity contribution < 1.29 is 19.0 Å². The molecule has 0 bridgehead atoms. The molecule has 0 saturated heterocycles. The molecule has 0 fully saturated rings. The van der Waals surface area contributed by atoms with Crippen molar-refractivity contribution in [1.29, 1.82) is 0 Å². The summed E-state index contributed by atoms with van der Waals surface area (Å²) in [6.07, 6.45) is 2.67. The Hall–Kier alpha value is -1.19. The third kappa shape index (κ3) is 3.68. The van der Waals surface area contributed by atoms with Gasteiger partial charge in [0.25, 0.3) is 0 Å². The van der Waals surface area contributed by atoms with E-state index in [-0.39, 0.29) is 5.76 Å². The smallest absolute Gasteiger partial charge is 0.376 e. The first kappa shape index (κ1) is 12.8. The lowest BCUT2D eigenvalue weighted by Crippen LogP contribution is -2.10. The lowest BCUT2D eigenvalue weighted by Gasteiger charge is -2.10. The van der Waals surface area contributed by atoms with Crippen molar-refractivity contribution >= 4 is 5.97 Å². The number of unbranched alkanes of at least 4 members (excludes halogenated alkanes) is 1. The van der Waals surface area contributed by atoms with Gasteiger partial charge in [-0.25, -0.2) is 4.79 Å². The van der Waals surface area contributed by atoms with Gasteiger partial charge < -0.3 is 14.2 Å². The summed E-state index contributed by atoms with van der Waals surface area (Å²) >= 11 is 0. The van der Waals surface area contributed by atoms with Gasteiger partial charge >= 0.3 is 5.97 Å². The van der Waals surface area contributed by atoms with Gasteiger partial charge in [-0.2, -0.15) is 0 Å². The second-order valence-electron chi connectivity index (χ2n) is 2.76. The fourth-order valence-electron chi connectivity index (χ4n) is 1.05. The number of hydrogen-bond acceptors (Lipinski definition) is 4. The zero-order chi connectivity index (χ0) is 11.0. The summed E-state index contributed by atoms with van der Waals surface area (Å²) in [7, 11) is 4.26. The van der Waals surface area contributed by atoms with Gasteiger partial charge in [0, 0.05) is 6.42 Å². The molecule has 0 aliphatic heterocycles. The molecule has 0 unspecified atom stereocenters. The highest BCUT2D eigenvalue weighted by Gasteiger charge is 2.17. The standard InChI is InChI=1S/C10H18O4/c1-5-6-7-8(12-2)9(13-3)10(11)14-4/h5-7H2,1-4H3/b9-8-. The Bertz CT molecular complexity index is 208. The minimum atomic E-state index is -0.500. The lowest BCUT2D eigenvalue weighted by molar-refractivity contribution is -0.140. The number of allylic oxidation sites excluding steroid dienone is 1. The molecule has 4 heteroatoms. The number of hydrogen-bond donors (Lipinski definition) is 0. The second-order valence-corrected chi connectivity index (χ2v) is 2.76. The first-order chi connectivity index (χ1) is 6.71. The predicted molar refractivity (Wildman–Crippen MR) is 52.6 cm³/mol. The van der Waals surface area contributed by atoms with Crippen molar-refractivity contribution in [3.05, 3.63) is 11.5 Å². The molecule has 0 radical (unpaired) electrons. The normalized spacial score (nSPS) is 11.7. The first-order valence-corrected chi connectivity index (χ1v) is 4.60. The highest BCUT2D eigenvalue weighted by molar-refractivity contribution is 5.86. The van der Waals surface area contributed by atoms with Crippen LogP contribution in [0.2, 0.25) is 0 Å². The van der Waals surface area contributed by atoms with Gasteiger partial charge in [-0.15, -0.1) is 0 Å². The van der Waals surface area contributed by atoms with Crippen LogP contribution in [-0.4, -0.2) is 27.3 Å². The third-order valence-electron chi connectivity index (χ3n) is 1.83. The van der Waals surface area contributed by atoms with Gasteiger partial charge in [0.2, 0.25) is 5.76 Å². The van der Waals surface area contributed by atoms with Crippen molar-refractivity contribution in [3.63, 3.8) is 0 Å². The van der Waals surface area contributed by atoms with E-state index in [1.54, 1.807) is 0 Å². The van der Waals surface area contributed by atoms with Gasteiger partial charge in [0.1, 0.15) is 5.76 Å². The number of rotatable bonds is 6. The van der Waals surface area contributed by atoms with Crippen molar-refractivity contribution in [2.24, 2.45) is 0 Å². The number of ether oxygens (including phenoxy) is 3. The number of esters is 1. The van der Waals surface area contributed by atoms with Crippen LogP contribution in [0.25, 0.3) is 0 Å². The lowest BCUT2D eigenvalue weighted by atomic mass is 10.2. The molecule has 0 heterocycles. The van der Waals surface area contributed by atoms with Crippen LogP contribution in [0.1, 0.15) is 26.2 Å². The maximum atomic E-state index is 11.2. The molecule has 0 aromatic heterocycles. The zero-order valence-electron chi connectivity index (χ0n) is 9.25. The monoisotopic (exact) mass is 202 g/mol. The Morgan fingerprint density at radius 3 is 2.07 bits per heavy atom. The van der Waals surface area contributed by atoms with E-state index in [1.165, 1.54) is 21.3 Å². The molecule has 0 rings (SSSR count). The van der Waals surface area contributed by atoms with Crippen LogP contribution < -0.4 is 0 Å². The van der Waals surface area contributed by atoms with Crippen molar-refractivity contribution in [2.45, 2.75) is 26.2 Å². The van der Waals surface area contributed by atoms with Gasteiger partial charge in [-0.05, 0) is 6.42 Å². The van der Waals surface area contributed by atoms with Gasteiger partial charge in [0.05, 0.1) is 21.3 Å². The molecule has 0 aliphatic rings. The maximum Gasteiger partial charge on any atom is 0.376 e. The Morgan fingerprint density at radius 1 is 1.07 bits per heavy atom. The molecule has 0 atom stereocenters. The quantitative estimate of drug-likeness (QED) is 0.374. The molecule has 82 valence electrons. The Balaban J connectivity index is 4.63. The Kier molecular flexibility index (Phi) is 6.62. The minimum absolute atomic E-state index is 0.156. The molecule has 0 aromatic rings. The number of carbonyl (C=O) groups is 1. The van der Waals surface area contributed by atoms with Gasteiger partial charge in [-0.1, -0.05) is 13.3 Å². The first-order valence-electron chi connectivity index (χ1n) is 4.60. The maximum absolute atomic E-state index is 11.2. The fraction of sp³-hybridized carbons (Fsp3) is 0.700. The molecule has 0 saturated carbocycles. The summed E-state index contributed by atoms with van der Waals surface area (Å²) < 4.78 is 14.6. The third-order valence-corrected chi connectivity index (χ3v) is 1.83. The molecule has 0 amide bonds. The highest BCUT2D eigenvalue weighted by atomic mass is 16.6. The summed E-state index contributed by atoms with van der Waals surface area (Å²) in [5.74, 6) is 0.199. The molecule has 0 spiro atoms. The largest absolute Gasteiger partial charge is 0.497 e. The van der Waals surface area contributed by atoms with Gasteiger partial charge in [0.15, 0.2) is 0 Å². The van der Waals surface area contributed by atoms with Crippen LogP contribution in [0.3, 0.4) is 0 Å². The predicted octanol–water partition coefficient (Wildman–Crippen LogP) is 1.85. The van der Waals surface area contributed by atoms with Crippen molar-refractivity contribution in [2.75, 3.05) is 21.3 Å². The van der Waals surface area contributed by atoms with Crippen molar-refractivity contribution in [3.8, 4) is 0 Å². The van der Waals surface area contributed by atoms with E-state index >= 15 is 0 Å². The molecular weight excluding hydrogens is 184 g/mol. The summed E-state index contributed by atoms with van der Waals surface area (Å²) in [6, 6.07) is 0. The molecule has 0 N–H and O–H groups in total. The average Bonchev–Trinajstić information content (AvgIpc) is 2.23. The van der Waals surface area contributed by atoms with E-state index in [0.29, 0.717) is 12.2 Å². The van der Waals surface area contributed by atoms with Crippen LogP contribution in [0.5, 0.6) is 0 Å². The van der Waals surface area contributed by atoms with E-state index in [9.17, 15) is 4.79 Å². The summed E-state index contributed by atoms with van der Waals surface area (Å²) in [5, 5.41) is 0. The van der Waals surface area contributed by atoms with E-state index in [1.807, 2.05) is 0 Å². The summed E-state index contributed by atoms with van der Waals surface area (Å²) in [4.78, 5) is 11.2. The van der Waals surface area contributed by atoms with Crippen LogP contribution in [-0.2, 0) is 19.0 Å². The fourth-order valence-corrected chi connectivity index (χ4v) is 1.05. The molecule has 0 aliphatic carbocycles. The van der Waals surface area contributed by atoms with Crippen molar-refractivity contribution in [1.82, 2.24) is 0 Å². The van der Waals surface area contributed by atoms with Crippen LogP contribution >= 0.6 is 0 Å². The number of carbonyl (C=O) groups excluding carboxylic acids is 1. The Labute approximate surface area is 84.8 Å². The second kappa shape index (κ2) is 7.24. The van der Waals surface area contributed by atoms with Gasteiger partial charge in [-0.3, -0.25) is 0 Å². The van der Waals surface area contributed by atoms with Crippen LogP contribution in [0.4, 0.5) is 0 Å². The van der Waals surface area contributed by atoms with E-state index < -0.39 is 5.97 Å². The molecular formula is C10H18O4. The summed E-state index contributed by atoms with van der Waals surface area (Å²) in [5.41, 5.74) is 0. The van der Waals surface area contributed by atoms with Crippen LogP contribution in [0.15, 0.2) is 11.5 Å². The minimum Gasteiger partial charge on any atom is -0.497 e. The van der Waals surface area contributed by atoms with E-state index in [2.05, 4.69) is 11.7 Å². The molecule has 4 nitrogen and oxygen atoms in total. The summed E-state index contributed by atoms with van der Waals surface area (Å²) in [6.45, 7) is 2.07. The van der Waals surface area contributed by atoms with Crippen LogP contribution in [0, 0.1) is 0 Å². The molecule has 0 aromatic carbocycles. The topological polar surface area (TPSA) is 44.8 Å². The zero-order valence-corrected chi connectivity index (χ0v) is 9.25. The van der Waals surface area contributed by atoms with E-state index in [0.717, 1.165) is 12.8 Å². The number of methoxy groups -OCH3 is 3. The SMILES string of the molecule is CCCC/C(OC)=C(/OC)C(=O)OC. The highest BCUT2D eigenvalue weighted by Crippen LogP contribution is 2.15. The Morgan fingerprint density at radius 2 is 1.71 bits per heavy atom. The molecule has 14 heavy (non-hydrogen) atoms.